The average Bonchev–Trinajstić information content (AvgIpc) is 2.41. The molecule has 1 heterocycles. The topological polar surface area (TPSA) is 21.3 Å². The maximum Gasteiger partial charge on any atom is 0.416 e. The fraction of sp³-hybridized carbons (Fsp3) is 0.600. The molecule has 1 N–H and O–H groups in total. The fourth-order valence-corrected chi connectivity index (χ4v) is 2.79. The highest BCUT2D eigenvalue weighted by Crippen LogP contribution is 2.34. The molecule has 0 aliphatic carbocycles. The minimum atomic E-state index is -4.30. The average molecular weight is 287 g/mol. The van der Waals surface area contributed by atoms with Crippen molar-refractivity contribution in [3.63, 3.8) is 0 Å². The van der Waals surface area contributed by atoms with Gasteiger partial charge in [0, 0.05) is 13.5 Å². The van der Waals surface area contributed by atoms with Gasteiger partial charge in [-0.3, -0.25) is 0 Å². The van der Waals surface area contributed by atoms with Crippen LogP contribution in [-0.4, -0.2) is 25.8 Å². The number of halogens is 3. The second kappa shape index (κ2) is 5.74. The van der Waals surface area contributed by atoms with E-state index in [2.05, 4.69) is 5.32 Å². The lowest BCUT2D eigenvalue weighted by atomic mass is 9.85. The molecular formula is C15H20F3NO. The molecule has 2 nitrogen and oxygen atoms in total. The van der Waals surface area contributed by atoms with Crippen molar-refractivity contribution in [2.45, 2.75) is 38.0 Å². The third kappa shape index (κ3) is 3.33. The summed E-state index contributed by atoms with van der Waals surface area (Å²) in [6.45, 7) is 3.17. The van der Waals surface area contributed by atoms with E-state index in [9.17, 15) is 13.2 Å². The van der Waals surface area contributed by atoms with Gasteiger partial charge in [-0.05, 0) is 50.0 Å². The molecule has 1 fully saturated rings. The van der Waals surface area contributed by atoms with Crippen LogP contribution in [0.1, 0.15) is 29.5 Å². The zero-order chi connectivity index (χ0) is 14.8. The van der Waals surface area contributed by atoms with Gasteiger partial charge in [0.05, 0.1) is 11.2 Å². The maximum absolute atomic E-state index is 12.9. The molecule has 0 spiro atoms. The Balaban J connectivity index is 2.25. The van der Waals surface area contributed by atoms with Crippen LogP contribution in [-0.2, 0) is 17.3 Å². The molecule has 0 bridgehead atoms. The molecule has 2 rings (SSSR count). The zero-order valence-electron chi connectivity index (χ0n) is 11.8. The first kappa shape index (κ1) is 15.3. The van der Waals surface area contributed by atoms with Gasteiger partial charge in [-0.1, -0.05) is 12.1 Å². The summed E-state index contributed by atoms with van der Waals surface area (Å²) in [5.41, 5.74) is 0.0588. The number of ether oxygens (including phenoxy) is 1. The van der Waals surface area contributed by atoms with Gasteiger partial charge in [0.1, 0.15) is 0 Å². The number of alkyl halides is 3. The quantitative estimate of drug-likeness (QED) is 0.920. The van der Waals surface area contributed by atoms with Crippen molar-refractivity contribution in [2.24, 2.45) is 0 Å². The van der Waals surface area contributed by atoms with E-state index >= 15 is 0 Å². The maximum atomic E-state index is 12.9. The molecule has 1 aromatic carbocycles. The summed E-state index contributed by atoms with van der Waals surface area (Å²) in [6.07, 6.45) is -2.14. The smallest absolute Gasteiger partial charge is 0.378 e. The highest BCUT2D eigenvalue weighted by atomic mass is 19.4. The summed E-state index contributed by atoms with van der Waals surface area (Å²) in [4.78, 5) is 0. The van der Waals surface area contributed by atoms with E-state index in [0.717, 1.165) is 25.9 Å². The van der Waals surface area contributed by atoms with Gasteiger partial charge in [0.15, 0.2) is 0 Å². The predicted molar refractivity (Wildman–Crippen MR) is 71.7 cm³/mol. The summed E-state index contributed by atoms with van der Waals surface area (Å²) in [5.74, 6) is 0. The summed E-state index contributed by atoms with van der Waals surface area (Å²) >= 11 is 0. The minimum Gasteiger partial charge on any atom is -0.378 e. The standard InChI is InChI=1S/C15H20F3NO/c1-11-3-4-12(9-13(11)15(16,17)18)10-14(20-2)5-7-19-8-6-14/h3-4,9,19H,5-8,10H2,1-2H3. The third-order valence-electron chi connectivity index (χ3n) is 4.08. The Bertz CT molecular complexity index is 465. The molecule has 5 heteroatoms. The SMILES string of the molecule is COC1(Cc2ccc(C)c(C(F)(F)F)c2)CCNCC1. The molecule has 1 aromatic rings. The van der Waals surface area contributed by atoms with E-state index in [1.54, 1.807) is 19.2 Å². The van der Waals surface area contributed by atoms with Crippen LogP contribution in [0.4, 0.5) is 13.2 Å². The van der Waals surface area contributed by atoms with Crippen molar-refractivity contribution in [2.75, 3.05) is 20.2 Å². The normalized spacial score (nSPS) is 19.1. The monoisotopic (exact) mass is 287 g/mol. The van der Waals surface area contributed by atoms with Crippen LogP contribution >= 0.6 is 0 Å². The first-order valence-corrected chi connectivity index (χ1v) is 6.79. The Morgan fingerprint density at radius 1 is 1.25 bits per heavy atom. The zero-order valence-corrected chi connectivity index (χ0v) is 11.8. The molecule has 1 aliphatic heterocycles. The lowest BCUT2D eigenvalue weighted by Gasteiger charge is -2.36. The van der Waals surface area contributed by atoms with Crippen molar-refractivity contribution in [1.82, 2.24) is 5.32 Å². The van der Waals surface area contributed by atoms with Crippen LogP contribution in [0, 0.1) is 6.92 Å². The minimum absolute atomic E-state index is 0.262. The van der Waals surface area contributed by atoms with Crippen LogP contribution in [0.25, 0.3) is 0 Å². The Hall–Kier alpha value is -1.07. The second-order valence-corrected chi connectivity index (χ2v) is 5.46. The van der Waals surface area contributed by atoms with Crippen LogP contribution in [0.3, 0.4) is 0 Å². The van der Waals surface area contributed by atoms with Crippen molar-refractivity contribution < 1.29 is 17.9 Å². The van der Waals surface area contributed by atoms with Crippen molar-refractivity contribution in [3.05, 3.63) is 34.9 Å². The van der Waals surface area contributed by atoms with Crippen molar-refractivity contribution in [3.8, 4) is 0 Å². The van der Waals surface area contributed by atoms with Crippen LogP contribution in [0.2, 0.25) is 0 Å². The summed E-state index contributed by atoms with van der Waals surface area (Å²) in [6, 6.07) is 4.58. The summed E-state index contributed by atoms with van der Waals surface area (Å²) in [5, 5.41) is 3.24. The van der Waals surface area contributed by atoms with Crippen LogP contribution in [0.5, 0.6) is 0 Å². The van der Waals surface area contributed by atoms with Crippen LogP contribution < -0.4 is 5.32 Å². The number of aryl methyl sites for hydroxylation is 1. The van der Waals surface area contributed by atoms with Gasteiger partial charge >= 0.3 is 6.18 Å². The van der Waals surface area contributed by atoms with Crippen molar-refractivity contribution in [1.29, 1.82) is 0 Å². The van der Waals surface area contributed by atoms with Gasteiger partial charge in [-0.15, -0.1) is 0 Å². The Morgan fingerprint density at radius 3 is 2.45 bits per heavy atom. The van der Waals surface area contributed by atoms with Gasteiger partial charge in [-0.25, -0.2) is 0 Å². The first-order chi connectivity index (χ1) is 9.36. The number of rotatable bonds is 3. The number of methoxy groups -OCH3 is 1. The van der Waals surface area contributed by atoms with Gasteiger partial charge in [-0.2, -0.15) is 13.2 Å². The lowest BCUT2D eigenvalue weighted by molar-refractivity contribution is -0.138. The predicted octanol–water partition coefficient (Wildman–Crippen LogP) is 3.32. The number of piperidine rings is 1. The molecule has 0 unspecified atom stereocenters. The van der Waals surface area contributed by atoms with Gasteiger partial charge in [0.2, 0.25) is 0 Å². The Labute approximate surface area is 117 Å². The summed E-state index contributed by atoms with van der Waals surface area (Å²) < 4.78 is 44.4. The number of hydrogen-bond donors (Lipinski definition) is 1. The lowest BCUT2D eigenvalue weighted by Crippen LogP contribution is -2.45. The molecule has 20 heavy (non-hydrogen) atoms. The molecule has 0 saturated carbocycles. The fourth-order valence-electron chi connectivity index (χ4n) is 2.79. The second-order valence-electron chi connectivity index (χ2n) is 5.46. The molecule has 0 amide bonds. The largest absolute Gasteiger partial charge is 0.416 e. The highest BCUT2D eigenvalue weighted by Gasteiger charge is 2.35. The molecule has 0 aromatic heterocycles. The first-order valence-electron chi connectivity index (χ1n) is 6.79. The van der Waals surface area contributed by atoms with E-state index < -0.39 is 11.7 Å². The van der Waals surface area contributed by atoms with Crippen molar-refractivity contribution >= 4 is 0 Å². The number of nitrogens with one attached hydrogen (secondary N) is 1. The van der Waals surface area contributed by atoms with Gasteiger partial charge < -0.3 is 10.1 Å². The molecule has 1 aliphatic rings. The van der Waals surface area contributed by atoms with Crippen LogP contribution in [0.15, 0.2) is 18.2 Å². The highest BCUT2D eigenvalue weighted by molar-refractivity contribution is 5.34. The molecule has 0 atom stereocenters. The van der Waals surface area contributed by atoms with E-state index in [0.29, 0.717) is 12.0 Å². The van der Waals surface area contributed by atoms with E-state index in [-0.39, 0.29) is 11.2 Å². The molecule has 1 saturated heterocycles. The molecule has 0 radical (unpaired) electrons. The summed E-state index contributed by atoms with van der Waals surface area (Å²) in [7, 11) is 1.64. The van der Waals surface area contributed by atoms with E-state index in [1.165, 1.54) is 13.0 Å². The Kier molecular flexibility index (Phi) is 4.39. The number of hydrogen-bond acceptors (Lipinski definition) is 2. The Morgan fingerprint density at radius 2 is 1.90 bits per heavy atom. The van der Waals surface area contributed by atoms with E-state index in [1.807, 2.05) is 0 Å². The number of benzene rings is 1. The molecular weight excluding hydrogens is 267 g/mol. The van der Waals surface area contributed by atoms with E-state index in [4.69, 9.17) is 4.74 Å². The molecule has 112 valence electrons. The van der Waals surface area contributed by atoms with Gasteiger partial charge in [0.25, 0.3) is 0 Å². The third-order valence-corrected chi connectivity index (χ3v) is 4.08.